The molecule has 0 saturated carbocycles. The van der Waals surface area contributed by atoms with Crippen LogP contribution in [-0.2, 0) is 14.6 Å². The number of hydrogen-bond donors (Lipinski definition) is 1. The third kappa shape index (κ3) is 5.12. The van der Waals surface area contributed by atoms with Crippen LogP contribution in [0.25, 0.3) is 0 Å². The highest BCUT2D eigenvalue weighted by Gasteiger charge is 2.15. The molecule has 0 atom stereocenters. The van der Waals surface area contributed by atoms with Crippen LogP contribution in [0.15, 0.2) is 29.2 Å². The van der Waals surface area contributed by atoms with Crippen molar-refractivity contribution in [3.63, 3.8) is 0 Å². The van der Waals surface area contributed by atoms with Gasteiger partial charge in [0.05, 0.1) is 22.9 Å². The van der Waals surface area contributed by atoms with E-state index in [1.165, 1.54) is 6.07 Å². The van der Waals surface area contributed by atoms with Crippen molar-refractivity contribution in [2.45, 2.75) is 18.2 Å². The zero-order valence-corrected chi connectivity index (χ0v) is 11.4. The first kappa shape index (κ1) is 15.8. The SMILES string of the molecule is CCS(=O)(=O)c1ccccc1NCCOCC(F)F. The van der Waals surface area contributed by atoms with Crippen LogP contribution in [-0.4, -0.2) is 40.4 Å². The first-order chi connectivity index (χ1) is 8.97. The van der Waals surface area contributed by atoms with Crippen LogP contribution in [0, 0.1) is 0 Å². The van der Waals surface area contributed by atoms with Gasteiger partial charge in [-0.25, -0.2) is 17.2 Å². The average molecular weight is 293 g/mol. The van der Waals surface area contributed by atoms with E-state index in [2.05, 4.69) is 5.32 Å². The minimum absolute atomic E-state index is 0.00752. The van der Waals surface area contributed by atoms with Crippen molar-refractivity contribution in [1.29, 1.82) is 0 Å². The fourth-order valence-corrected chi connectivity index (χ4v) is 2.54. The van der Waals surface area contributed by atoms with E-state index in [-0.39, 0.29) is 23.8 Å². The zero-order chi connectivity index (χ0) is 14.3. The van der Waals surface area contributed by atoms with Crippen LogP contribution in [0.2, 0.25) is 0 Å². The van der Waals surface area contributed by atoms with Gasteiger partial charge in [-0.15, -0.1) is 0 Å². The second-order valence-corrected chi connectivity index (χ2v) is 6.04. The molecule has 1 N–H and O–H groups in total. The number of para-hydroxylation sites is 1. The second kappa shape index (κ2) is 7.40. The fourth-order valence-electron chi connectivity index (χ4n) is 1.47. The van der Waals surface area contributed by atoms with Gasteiger partial charge in [0, 0.05) is 6.54 Å². The van der Waals surface area contributed by atoms with Crippen molar-refractivity contribution in [1.82, 2.24) is 0 Å². The quantitative estimate of drug-likeness (QED) is 0.746. The summed E-state index contributed by atoms with van der Waals surface area (Å²) in [5.41, 5.74) is 0.463. The number of ether oxygens (including phenoxy) is 1. The number of alkyl halides is 2. The molecule has 1 aromatic carbocycles. The molecule has 108 valence electrons. The summed E-state index contributed by atoms with van der Waals surface area (Å²) in [6, 6.07) is 6.49. The lowest BCUT2D eigenvalue weighted by atomic mass is 10.3. The van der Waals surface area contributed by atoms with Crippen LogP contribution in [0.4, 0.5) is 14.5 Å². The van der Waals surface area contributed by atoms with E-state index >= 15 is 0 Å². The highest BCUT2D eigenvalue weighted by Crippen LogP contribution is 2.21. The topological polar surface area (TPSA) is 55.4 Å². The summed E-state index contributed by atoms with van der Waals surface area (Å²) in [5, 5.41) is 2.88. The van der Waals surface area contributed by atoms with Gasteiger partial charge in [-0.1, -0.05) is 19.1 Å². The maximum atomic E-state index is 11.8. The monoisotopic (exact) mass is 293 g/mol. The zero-order valence-electron chi connectivity index (χ0n) is 10.6. The molecule has 0 aliphatic rings. The van der Waals surface area contributed by atoms with Crippen molar-refractivity contribution < 1.29 is 21.9 Å². The summed E-state index contributed by atoms with van der Waals surface area (Å²) in [7, 11) is -3.31. The molecule has 0 aromatic heterocycles. The Balaban J connectivity index is 2.59. The van der Waals surface area contributed by atoms with Gasteiger partial charge in [0.1, 0.15) is 6.61 Å². The van der Waals surface area contributed by atoms with E-state index in [9.17, 15) is 17.2 Å². The molecule has 0 saturated heterocycles. The van der Waals surface area contributed by atoms with Crippen LogP contribution < -0.4 is 5.32 Å². The van der Waals surface area contributed by atoms with Gasteiger partial charge in [0.15, 0.2) is 9.84 Å². The highest BCUT2D eigenvalue weighted by atomic mass is 32.2. The van der Waals surface area contributed by atoms with Crippen molar-refractivity contribution in [2.75, 3.05) is 30.8 Å². The van der Waals surface area contributed by atoms with E-state index in [0.29, 0.717) is 5.69 Å². The lowest BCUT2D eigenvalue weighted by Crippen LogP contribution is -2.15. The molecular weight excluding hydrogens is 276 g/mol. The Morgan fingerprint density at radius 1 is 1.32 bits per heavy atom. The molecule has 0 fully saturated rings. The van der Waals surface area contributed by atoms with E-state index in [0.717, 1.165) is 0 Å². The largest absolute Gasteiger partial charge is 0.382 e. The number of sulfone groups is 1. The summed E-state index contributed by atoms with van der Waals surface area (Å²) < 4.78 is 52.0. The number of rotatable bonds is 8. The number of nitrogens with one attached hydrogen (secondary N) is 1. The molecule has 0 radical (unpaired) electrons. The minimum Gasteiger partial charge on any atom is -0.382 e. The summed E-state index contributed by atoms with van der Waals surface area (Å²) in [6.45, 7) is 1.31. The van der Waals surface area contributed by atoms with Crippen LogP contribution in [0.3, 0.4) is 0 Å². The van der Waals surface area contributed by atoms with Gasteiger partial charge in [0.25, 0.3) is 6.43 Å². The molecule has 0 spiro atoms. The van der Waals surface area contributed by atoms with Crippen LogP contribution in [0.5, 0.6) is 0 Å². The molecule has 1 aromatic rings. The Kier molecular flexibility index (Phi) is 6.17. The normalized spacial score (nSPS) is 11.8. The minimum atomic E-state index is -3.31. The Bertz CT molecular complexity index is 492. The molecule has 0 unspecified atom stereocenters. The predicted molar refractivity (Wildman–Crippen MR) is 69.5 cm³/mol. The highest BCUT2D eigenvalue weighted by molar-refractivity contribution is 7.91. The van der Waals surface area contributed by atoms with Crippen molar-refractivity contribution in [3.05, 3.63) is 24.3 Å². The molecule has 0 heterocycles. The van der Waals surface area contributed by atoms with Gasteiger partial charge >= 0.3 is 0 Å². The maximum Gasteiger partial charge on any atom is 0.261 e. The van der Waals surface area contributed by atoms with Gasteiger partial charge in [-0.05, 0) is 12.1 Å². The summed E-state index contributed by atoms with van der Waals surface area (Å²) in [5.74, 6) is 0.00752. The molecule has 7 heteroatoms. The van der Waals surface area contributed by atoms with Crippen molar-refractivity contribution in [3.8, 4) is 0 Å². The summed E-state index contributed by atoms with van der Waals surface area (Å²) in [6.07, 6.45) is -2.49. The average Bonchev–Trinajstić information content (AvgIpc) is 2.38. The standard InChI is InChI=1S/C12H17F2NO3S/c1-2-19(16,17)11-6-4-3-5-10(11)15-7-8-18-9-12(13)14/h3-6,12,15H,2,7-9H2,1H3. The number of halogens is 2. The Morgan fingerprint density at radius 3 is 2.63 bits per heavy atom. The van der Waals surface area contributed by atoms with Gasteiger partial charge in [-0.2, -0.15) is 0 Å². The van der Waals surface area contributed by atoms with E-state index in [4.69, 9.17) is 4.74 Å². The summed E-state index contributed by atoms with van der Waals surface area (Å²) >= 11 is 0. The number of hydrogen-bond acceptors (Lipinski definition) is 4. The van der Waals surface area contributed by atoms with Crippen LogP contribution >= 0.6 is 0 Å². The van der Waals surface area contributed by atoms with E-state index < -0.39 is 22.9 Å². The molecule has 0 aliphatic carbocycles. The third-order valence-electron chi connectivity index (χ3n) is 2.41. The van der Waals surface area contributed by atoms with Crippen molar-refractivity contribution >= 4 is 15.5 Å². The molecular formula is C12H17F2NO3S. The first-order valence-electron chi connectivity index (χ1n) is 5.89. The first-order valence-corrected chi connectivity index (χ1v) is 7.54. The second-order valence-electron chi connectivity index (χ2n) is 3.79. The van der Waals surface area contributed by atoms with Crippen LogP contribution in [0.1, 0.15) is 6.92 Å². The number of benzene rings is 1. The number of anilines is 1. The van der Waals surface area contributed by atoms with E-state index in [1.54, 1.807) is 25.1 Å². The van der Waals surface area contributed by atoms with E-state index in [1.807, 2.05) is 0 Å². The molecule has 4 nitrogen and oxygen atoms in total. The Hall–Kier alpha value is -1.21. The van der Waals surface area contributed by atoms with Crippen molar-refractivity contribution in [2.24, 2.45) is 0 Å². The lowest BCUT2D eigenvalue weighted by molar-refractivity contribution is 0.0215. The molecule has 0 aliphatic heterocycles. The molecule has 19 heavy (non-hydrogen) atoms. The maximum absolute atomic E-state index is 11.8. The van der Waals surface area contributed by atoms with Gasteiger partial charge in [0.2, 0.25) is 0 Å². The Morgan fingerprint density at radius 2 is 2.00 bits per heavy atom. The fraction of sp³-hybridized carbons (Fsp3) is 0.500. The molecule has 0 amide bonds. The lowest BCUT2D eigenvalue weighted by Gasteiger charge is -2.11. The van der Waals surface area contributed by atoms with Gasteiger partial charge < -0.3 is 10.1 Å². The third-order valence-corrected chi connectivity index (χ3v) is 4.19. The Labute approximate surface area is 111 Å². The predicted octanol–water partition coefficient (Wildman–Crippen LogP) is 2.17. The smallest absolute Gasteiger partial charge is 0.261 e. The van der Waals surface area contributed by atoms with Gasteiger partial charge in [-0.3, -0.25) is 0 Å². The molecule has 1 rings (SSSR count). The summed E-state index contributed by atoms with van der Waals surface area (Å²) in [4.78, 5) is 0.214. The molecule has 0 bridgehead atoms.